The maximum atomic E-state index is 11.8. The van der Waals surface area contributed by atoms with Gasteiger partial charge in [-0.05, 0) is 5.56 Å². The first-order valence-corrected chi connectivity index (χ1v) is 5.92. The summed E-state index contributed by atoms with van der Waals surface area (Å²) in [6.45, 7) is 0.673. The van der Waals surface area contributed by atoms with E-state index in [1.54, 1.807) is 0 Å². The molecular formula is C13H13NO4. The maximum Gasteiger partial charge on any atom is 0.410 e. The lowest BCUT2D eigenvalue weighted by atomic mass is 10.2. The maximum absolute atomic E-state index is 11.8. The molecule has 2 bridgehead atoms. The van der Waals surface area contributed by atoms with Gasteiger partial charge in [0.2, 0.25) is 0 Å². The van der Waals surface area contributed by atoms with E-state index in [-0.39, 0.29) is 18.7 Å². The average molecular weight is 247 g/mol. The van der Waals surface area contributed by atoms with Gasteiger partial charge in [0.15, 0.2) is 0 Å². The minimum Gasteiger partial charge on any atom is -0.459 e. The second kappa shape index (κ2) is 4.33. The van der Waals surface area contributed by atoms with Gasteiger partial charge in [0.05, 0.1) is 6.54 Å². The summed E-state index contributed by atoms with van der Waals surface area (Å²) in [6, 6.07) is 9.01. The average Bonchev–Trinajstić information content (AvgIpc) is 2.96. The number of benzene rings is 1. The molecule has 2 aliphatic heterocycles. The number of fused-ring (bicyclic) bond motifs is 2. The molecule has 3 rings (SSSR count). The molecule has 0 unspecified atom stereocenters. The molecule has 0 aromatic heterocycles. The second-order valence-corrected chi connectivity index (χ2v) is 4.50. The molecule has 0 aliphatic carbocycles. The molecular weight excluding hydrogens is 234 g/mol. The highest BCUT2D eigenvalue weighted by Gasteiger charge is 2.49. The first kappa shape index (κ1) is 11.1. The molecule has 0 N–H and O–H groups in total. The zero-order chi connectivity index (χ0) is 12.5. The summed E-state index contributed by atoms with van der Waals surface area (Å²) < 4.78 is 10.2. The summed E-state index contributed by atoms with van der Waals surface area (Å²) in [6.07, 6.45) is 0.00833. The van der Waals surface area contributed by atoms with E-state index in [2.05, 4.69) is 0 Å². The first-order chi connectivity index (χ1) is 8.74. The van der Waals surface area contributed by atoms with Crippen LogP contribution in [0.15, 0.2) is 30.3 Å². The molecule has 1 aromatic rings. The van der Waals surface area contributed by atoms with Crippen LogP contribution in [0.25, 0.3) is 0 Å². The Morgan fingerprint density at radius 3 is 2.83 bits per heavy atom. The zero-order valence-corrected chi connectivity index (χ0v) is 9.74. The molecule has 0 spiro atoms. The lowest BCUT2D eigenvalue weighted by Gasteiger charge is -2.24. The van der Waals surface area contributed by atoms with Crippen LogP contribution in [-0.2, 0) is 20.9 Å². The van der Waals surface area contributed by atoms with E-state index in [9.17, 15) is 9.59 Å². The van der Waals surface area contributed by atoms with Gasteiger partial charge in [-0.15, -0.1) is 0 Å². The Kier molecular flexibility index (Phi) is 2.66. The van der Waals surface area contributed by atoms with Crippen LogP contribution in [0.4, 0.5) is 4.79 Å². The van der Waals surface area contributed by atoms with Crippen molar-refractivity contribution in [2.75, 3.05) is 6.54 Å². The summed E-state index contributed by atoms with van der Waals surface area (Å²) >= 11 is 0. The van der Waals surface area contributed by atoms with Crippen molar-refractivity contribution in [2.24, 2.45) is 0 Å². The Morgan fingerprint density at radius 2 is 2.17 bits per heavy atom. The number of likely N-dealkylation sites (tertiary alicyclic amines) is 1. The highest BCUT2D eigenvalue weighted by molar-refractivity contribution is 5.84. The van der Waals surface area contributed by atoms with E-state index >= 15 is 0 Å². The minimum atomic E-state index is -0.446. The van der Waals surface area contributed by atoms with Crippen molar-refractivity contribution >= 4 is 12.1 Å². The third kappa shape index (κ3) is 1.92. The molecule has 2 atom stereocenters. The minimum absolute atomic E-state index is 0.147. The highest BCUT2D eigenvalue weighted by atomic mass is 16.6. The van der Waals surface area contributed by atoms with Crippen molar-refractivity contribution in [3.63, 3.8) is 0 Å². The van der Waals surface area contributed by atoms with Gasteiger partial charge in [0.25, 0.3) is 0 Å². The van der Waals surface area contributed by atoms with Gasteiger partial charge in [0, 0.05) is 6.42 Å². The van der Waals surface area contributed by atoms with E-state index < -0.39 is 12.1 Å². The van der Waals surface area contributed by atoms with Crippen LogP contribution >= 0.6 is 0 Å². The smallest absolute Gasteiger partial charge is 0.410 e. The second-order valence-electron chi connectivity index (χ2n) is 4.50. The Hall–Kier alpha value is -2.04. The predicted molar refractivity (Wildman–Crippen MR) is 61.6 cm³/mol. The molecule has 2 heterocycles. The molecule has 94 valence electrons. The van der Waals surface area contributed by atoms with Crippen LogP contribution in [0, 0.1) is 0 Å². The van der Waals surface area contributed by atoms with Crippen molar-refractivity contribution in [3.8, 4) is 0 Å². The van der Waals surface area contributed by atoms with Gasteiger partial charge >= 0.3 is 12.1 Å². The van der Waals surface area contributed by atoms with E-state index in [0.717, 1.165) is 5.56 Å². The number of ether oxygens (including phenoxy) is 2. The van der Waals surface area contributed by atoms with E-state index in [1.807, 2.05) is 30.3 Å². The van der Waals surface area contributed by atoms with Crippen molar-refractivity contribution in [1.29, 1.82) is 0 Å². The van der Waals surface area contributed by atoms with Crippen molar-refractivity contribution in [1.82, 2.24) is 4.90 Å². The Balaban J connectivity index is 1.58. The van der Waals surface area contributed by atoms with Gasteiger partial charge in [-0.25, -0.2) is 9.59 Å². The van der Waals surface area contributed by atoms with Gasteiger partial charge in [-0.3, -0.25) is 4.90 Å². The van der Waals surface area contributed by atoms with Crippen LogP contribution in [0.3, 0.4) is 0 Å². The van der Waals surface area contributed by atoms with Gasteiger partial charge < -0.3 is 9.47 Å². The summed E-state index contributed by atoms with van der Waals surface area (Å²) in [7, 11) is 0. The lowest BCUT2D eigenvalue weighted by Crippen LogP contribution is -2.44. The summed E-state index contributed by atoms with van der Waals surface area (Å²) in [5, 5.41) is 0. The quantitative estimate of drug-likeness (QED) is 0.740. The van der Waals surface area contributed by atoms with E-state index in [4.69, 9.17) is 9.47 Å². The predicted octanol–water partition coefficient (Wildman–Crippen LogP) is 1.32. The third-order valence-corrected chi connectivity index (χ3v) is 3.26. The zero-order valence-electron chi connectivity index (χ0n) is 9.74. The number of rotatable bonds is 2. The largest absolute Gasteiger partial charge is 0.459 e. The fourth-order valence-electron chi connectivity index (χ4n) is 2.35. The molecule has 2 saturated heterocycles. The van der Waals surface area contributed by atoms with Crippen LogP contribution in [0.2, 0.25) is 0 Å². The molecule has 2 fully saturated rings. The molecule has 1 amide bonds. The Morgan fingerprint density at radius 1 is 1.39 bits per heavy atom. The standard InChI is InChI=1S/C13H13NO4/c15-12-11-6-10(18-12)7-14(11)13(16)17-8-9-4-2-1-3-5-9/h1-5,10-11H,6-8H2/t10-,11-/m0/s1. The number of carbonyl (C=O) groups excluding carboxylic acids is 2. The number of morpholine rings is 1. The highest BCUT2D eigenvalue weighted by Crippen LogP contribution is 2.29. The molecule has 5 heteroatoms. The monoisotopic (exact) mass is 247 g/mol. The van der Waals surface area contributed by atoms with Crippen LogP contribution in [0.5, 0.6) is 0 Å². The van der Waals surface area contributed by atoms with Crippen LogP contribution in [0.1, 0.15) is 12.0 Å². The summed E-state index contributed by atoms with van der Waals surface area (Å²) in [5.74, 6) is -0.317. The summed E-state index contributed by atoms with van der Waals surface area (Å²) in [5.41, 5.74) is 0.929. The number of amides is 1. The number of hydrogen-bond donors (Lipinski definition) is 0. The fourth-order valence-corrected chi connectivity index (χ4v) is 2.35. The van der Waals surface area contributed by atoms with Crippen LogP contribution < -0.4 is 0 Å². The van der Waals surface area contributed by atoms with Crippen molar-refractivity contribution in [3.05, 3.63) is 35.9 Å². The molecule has 0 saturated carbocycles. The van der Waals surface area contributed by atoms with Crippen molar-refractivity contribution in [2.45, 2.75) is 25.2 Å². The summed E-state index contributed by atoms with van der Waals surface area (Å²) in [4.78, 5) is 24.7. The number of esters is 1. The van der Waals surface area contributed by atoms with E-state index in [1.165, 1.54) is 4.90 Å². The fraction of sp³-hybridized carbons (Fsp3) is 0.385. The molecule has 18 heavy (non-hydrogen) atoms. The Labute approximate surface area is 104 Å². The van der Waals surface area contributed by atoms with Gasteiger partial charge in [0.1, 0.15) is 18.8 Å². The molecule has 0 radical (unpaired) electrons. The number of nitrogens with zero attached hydrogens (tertiary/aromatic N) is 1. The van der Waals surface area contributed by atoms with Gasteiger partial charge in [-0.1, -0.05) is 30.3 Å². The number of hydrogen-bond acceptors (Lipinski definition) is 4. The van der Waals surface area contributed by atoms with Crippen LogP contribution in [-0.4, -0.2) is 35.7 Å². The lowest BCUT2D eigenvalue weighted by molar-refractivity contribution is -0.150. The Bertz CT molecular complexity index is 473. The van der Waals surface area contributed by atoms with Gasteiger partial charge in [-0.2, -0.15) is 0 Å². The first-order valence-electron chi connectivity index (χ1n) is 5.92. The van der Waals surface area contributed by atoms with E-state index in [0.29, 0.717) is 13.0 Å². The number of carbonyl (C=O) groups is 2. The molecule has 5 nitrogen and oxygen atoms in total. The molecule has 1 aromatic carbocycles. The van der Waals surface area contributed by atoms with Crippen molar-refractivity contribution < 1.29 is 19.1 Å². The third-order valence-electron chi connectivity index (χ3n) is 3.26. The normalized spacial score (nSPS) is 25.1. The molecule has 2 aliphatic rings. The SMILES string of the molecule is O=C1O[C@H]2C[C@@H]1N(C(=O)OCc1ccccc1)C2. The topological polar surface area (TPSA) is 55.8 Å².